The van der Waals surface area contributed by atoms with Gasteiger partial charge >= 0.3 is 5.97 Å². The molecule has 0 saturated heterocycles. The number of ether oxygens (including phenoxy) is 1. The molecule has 4 rings (SSSR count). The lowest BCUT2D eigenvalue weighted by Gasteiger charge is -2.07. The number of carbonyl (C=O) groups is 1. The first-order valence-corrected chi connectivity index (χ1v) is 12.0. The molecule has 0 unspecified atom stereocenters. The summed E-state index contributed by atoms with van der Waals surface area (Å²) in [6, 6.07) is 16.1. The quantitative estimate of drug-likeness (QED) is 0.367. The van der Waals surface area contributed by atoms with E-state index < -0.39 is 16.0 Å². The van der Waals surface area contributed by atoms with Crippen LogP contribution >= 0.6 is 22.9 Å². The third kappa shape index (κ3) is 5.40. The lowest BCUT2D eigenvalue weighted by molar-refractivity contribution is 0.0429. The minimum absolute atomic E-state index is 0.0358. The maximum atomic E-state index is 12.5. The zero-order valence-electron chi connectivity index (χ0n) is 16.4. The maximum Gasteiger partial charge on any atom is 0.338 e. The summed E-state index contributed by atoms with van der Waals surface area (Å²) in [5.74, 6) is -0.283. The van der Waals surface area contributed by atoms with Gasteiger partial charge in [-0.2, -0.15) is 4.98 Å². The average Bonchev–Trinajstić information content (AvgIpc) is 3.49. The number of thiophene rings is 1. The van der Waals surface area contributed by atoms with E-state index in [0.29, 0.717) is 16.4 Å². The molecule has 1 N–H and O–H groups in total. The summed E-state index contributed by atoms with van der Waals surface area (Å²) in [7, 11) is -3.79. The average molecular weight is 490 g/mol. The number of nitrogens with zero attached hydrogens (tertiary/aromatic N) is 2. The molecule has 0 bridgehead atoms. The first-order valence-electron chi connectivity index (χ1n) is 9.28. The van der Waals surface area contributed by atoms with Crippen LogP contribution in [-0.2, 0) is 27.9 Å². The van der Waals surface area contributed by atoms with Gasteiger partial charge in [0.25, 0.3) is 5.89 Å². The van der Waals surface area contributed by atoms with Crippen LogP contribution in [0.25, 0.3) is 11.4 Å². The van der Waals surface area contributed by atoms with Crippen LogP contribution in [0.3, 0.4) is 0 Å². The summed E-state index contributed by atoms with van der Waals surface area (Å²) in [6.45, 7) is -0.0885. The molecule has 2 aromatic carbocycles. The number of aromatic nitrogens is 2. The molecule has 0 aliphatic heterocycles. The Morgan fingerprint density at radius 2 is 1.94 bits per heavy atom. The lowest BCUT2D eigenvalue weighted by Crippen LogP contribution is -2.23. The molecule has 0 fully saturated rings. The Bertz CT molecular complexity index is 1320. The van der Waals surface area contributed by atoms with E-state index in [1.54, 1.807) is 24.3 Å². The van der Waals surface area contributed by atoms with Crippen LogP contribution < -0.4 is 4.72 Å². The van der Waals surface area contributed by atoms with E-state index in [4.69, 9.17) is 20.9 Å². The summed E-state index contributed by atoms with van der Waals surface area (Å²) in [5, 5.41) is 6.29. The molecule has 8 nitrogen and oxygen atoms in total. The van der Waals surface area contributed by atoms with Crippen LogP contribution in [0.4, 0.5) is 0 Å². The van der Waals surface area contributed by atoms with Gasteiger partial charge in [0.2, 0.25) is 15.8 Å². The van der Waals surface area contributed by atoms with Crippen LogP contribution in [0, 0.1) is 0 Å². The minimum Gasteiger partial charge on any atom is -0.452 e. The van der Waals surface area contributed by atoms with Crippen molar-refractivity contribution < 1.29 is 22.5 Å². The smallest absolute Gasteiger partial charge is 0.338 e. The fraction of sp³-hybridized carbons (Fsp3) is 0.0952. The predicted molar refractivity (Wildman–Crippen MR) is 119 cm³/mol. The van der Waals surface area contributed by atoms with E-state index in [9.17, 15) is 13.2 Å². The Labute approximate surface area is 192 Å². The Balaban J connectivity index is 1.39. The molecule has 0 saturated carbocycles. The van der Waals surface area contributed by atoms with Crippen molar-refractivity contribution in [1.29, 1.82) is 0 Å². The van der Waals surface area contributed by atoms with E-state index in [1.165, 1.54) is 35.6 Å². The van der Waals surface area contributed by atoms with Crippen molar-refractivity contribution >= 4 is 38.9 Å². The number of benzene rings is 2. The van der Waals surface area contributed by atoms with E-state index >= 15 is 0 Å². The number of hydrogen-bond donors (Lipinski definition) is 1. The predicted octanol–water partition coefficient (Wildman–Crippen LogP) is 4.29. The van der Waals surface area contributed by atoms with Crippen molar-refractivity contribution in [3.63, 3.8) is 0 Å². The first kappa shape index (κ1) is 22.2. The van der Waals surface area contributed by atoms with Crippen LogP contribution in [0.1, 0.15) is 21.1 Å². The Kier molecular flexibility index (Phi) is 6.66. The fourth-order valence-electron chi connectivity index (χ4n) is 2.69. The van der Waals surface area contributed by atoms with Gasteiger partial charge < -0.3 is 9.26 Å². The second-order valence-electron chi connectivity index (χ2n) is 6.53. The normalized spacial score (nSPS) is 11.4. The third-order valence-corrected chi connectivity index (χ3v) is 6.82. The van der Waals surface area contributed by atoms with E-state index in [0.717, 1.165) is 4.88 Å². The number of esters is 1. The Morgan fingerprint density at radius 3 is 2.69 bits per heavy atom. The number of hydrogen-bond acceptors (Lipinski definition) is 8. The van der Waals surface area contributed by atoms with Gasteiger partial charge in [0.15, 0.2) is 6.61 Å². The molecule has 0 amide bonds. The SMILES string of the molecule is O=C(OCc1nc(-c2ccc(Cl)cc2)no1)c1cccc(S(=O)(=O)NCc2cccs2)c1. The summed E-state index contributed by atoms with van der Waals surface area (Å²) in [4.78, 5) is 17.4. The highest BCUT2D eigenvalue weighted by molar-refractivity contribution is 7.89. The van der Waals surface area contributed by atoms with Gasteiger partial charge in [-0.3, -0.25) is 0 Å². The van der Waals surface area contributed by atoms with Crippen molar-refractivity contribution in [1.82, 2.24) is 14.9 Å². The second kappa shape index (κ2) is 9.61. The number of rotatable bonds is 8. The number of sulfonamides is 1. The Hall–Kier alpha value is -3.05. The first-order chi connectivity index (χ1) is 15.4. The Morgan fingerprint density at radius 1 is 1.12 bits per heavy atom. The molecular weight excluding hydrogens is 474 g/mol. The molecule has 0 aliphatic rings. The molecular formula is C21H16ClN3O5S2. The number of carbonyl (C=O) groups excluding carboxylic acids is 1. The van der Waals surface area contributed by atoms with Crippen molar-refractivity contribution in [2.24, 2.45) is 0 Å². The highest BCUT2D eigenvalue weighted by atomic mass is 35.5. The summed E-state index contributed by atoms with van der Waals surface area (Å²) >= 11 is 7.31. The number of halogens is 1. The van der Waals surface area contributed by atoms with Crippen LogP contribution in [-0.4, -0.2) is 24.5 Å². The van der Waals surface area contributed by atoms with Crippen molar-refractivity contribution in [2.45, 2.75) is 18.0 Å². The molecule has 32 heavy (non-hydrogen) atoms. The van der Waals surface area contributed by atoms with E-state index in [-0.39, 0.29) is 29.5 Å². The van der Waals surface area contributed by atoms with Crippen molar-refractivity contribution in [3.05, 3.63) is 87.4 Å². The van der Waals surface area contributed by atoms with Crippen LogP contribution in [0.15, 0.2) is 75.5 Å². The van der Waals surface area contributed by atoms with Crippen molar-refractivity contribution in [2.75, 3.05) is 0 Å². The van der Waals surface area contributed by atoms with Gasteiger partial charge in [-0.1, -0.05) is 28.9 Å². The van der Waals surface area contributed by atoms with Gasteiger partial charge in [-0.15, -0.1) is 11.3 Å². The topological polar surface area (TPSA) is 111 Å². The maximum absolute atomic E-state index is 12.5. The third-order valence-electron chi connectivity index (χ3n) is 4.29. The van der Waals surface area contributed by atoms with Crippen LogP contribution in [0.5, 0.6) is 0 Å². The largest absolute Gasteiger partial charge is 0.452 e. The molecule has 0 spiro atoms. The highest BCUT2D eigenvalue weighted by Gasteiger charge is 2.18. The monoisotopic (exact) mass is 489 g/mol. The molecule has 0 atom stereocenters. The van der Waals surface area contributed by atoms with Gasteiger partial charge in [0.1, 0.15) is 0 Å². The van der Waals surface area contributed by atoms with Gasteiger partial charge in [0.05, 0.1) is 10.5 Å². The molecule has 11 heteroatoms. The molecule has 164 valence electrons. The highest BCUT2D eigenvalue weighted by Crippen LogP contribution is 2.19. The van der Waals surface area contributed by atoms with E-state index in [1.807, 2.05) is 17.5 Å². The molecule has 2 heterocycles. The second-order valence-corrected chi connectivity index (χ2v) is 9.76. The summed E-state index contributed by atoms with van der Waals surface area (Å²) in [6.07, 6.45) is 0. The summed E-state index contributed by atoms with van der Waals surface area (Å²) in [5.41, 5.74) is 0.783. The van der Waals surface area contributed by atoms with E-state index in [2.05, 4.69) is 14.9 Å². The zero-order chi connectivity index (χ0) is 22.6. The molecule has 2 aromatic heterocycles. The molecule has 0 radical (unpaired) electrons. The summed E-state index contributed by atoms with van der Waals surface area (Å²) < 4.78 is 37.9. The van der Waals surface area contributed by atoms with Crippen molar-refractivity contribution in [3.8, 4) is 11.4 Å². The van der Waals surface area contributed by atoms with Gasteiger partial charge in [-0.05, 0) is 53.9 Å². The lowest BCUT2D eigenvalue weighted by atomic mass is 10.2. The fourth-order valence-corrected chi connectivity index (χ4v) is 4.61. The standard InChI is InChI=1S/C21H16ClN3O5S2/c22-16-8-6-14(7-9-16)20-24-19(30-25-20)13-29-21(26)15-3-1-5-18(11-15)32(27,28)23-12-17-4-2-10-31-17/h1-11,23H,12-13H2. The minimum atomic E-state index is -3.79. The van der Waals surface area contributed by atoms with Gasteiger partial charge in [-0.25, -0.2) is 17.9 Å². The molecule has 0 aliphatic carbocycles. The molecule has 4 aromatic rings. The zero-order valence-corrected chi connectivity index (χ0v) is 18.8. The van der Waals surface area contributed by atoms with Gasteiger partial charge in [0, 0.05) is 22.0 Å². The number of nitrogens with one attached hydrogen (secondary N) is 1. The van der Waals surface area contributed by atoms with Crippen LogP contribution in [0.2, 0.25) is 5.02 Å².